The first-order valence-electron chi connectivity index (χ1n) is 4.66. The van der Waals surface area contributed by atoms with Crippen LogP contribution < -0.4 is 5.32 Å². The van der Waals surface area contributed by atoms with E-state index in [0.29, 0.717) is 5.75 Å². The smallest absolute Gasteiger partial charge is 0.116 e. The van der Waals surface area contributed by atoms with Crippen molar-refractivity contribution in [2.75, 3.05) is 7.05 Å². The Kier molecular flexibility index (Phi) is 2.37. The van der Waals surface area contributed by atoms with Crippen molar-refractivity contribution in [2.24, 2.45) is 0 Å². The van der Waals surface area contributed by atoms with Crippen molar-refractivity contribution in [2.45, 2.75) is 6.54 Å². The molecule has 0 fully saturated rings. The van der Waals surface area contributed by atoms with Crippen molar-refractivity contribution >= 4 is 10.8 Å². The van der Waals surface area contributed by atoms with Crippen molar-refractivity contribution < 1.29 is 5.11 Å². The van der Waals surface area contributed by atoms with Gasteiger partial charge in [0, 0.05) is 6.54 Å². The van der Waals surface area contributed by atoms with Gasteiger partial charge in [0.2, 0.25) is 0 Å². The topological polar surface area (TPSA) is 32.3 Å². The van der Waals surface area contributed by atoms with Crippen LogP contribution in [0.4, 0.5) is 0 Å². The van der Waals surface area contributed by atoms with Crippen LogP contribution in [0, 0.1) is 0 Å². The molecule has 0 aromatic heterocycles. The third-order valence-corrected chi connectivity index (χ3v) is 2.27. The number of benzene rings is 2. The summed E-state index contributed by atoms with van der Waals surface area (Å²) in [6.45, 7) is 0.853. The zero-order valence-electron chi connectivity index (χ0n) is 8.12. The van der Waals surface area contributed by atoms with E-state index in [0.717, 1.165) is 17.3 Å². The molecule has 2 aromatic carbocycles. The fourth-order valence-corrected chi connectivity index (χ4v) is 1.60. The van der Waals surface area contributed by atoms with Gasteiger partial charge in [-0.2, -0.15) is 0 Å². The molecule has 0 aliphatic heterocycles. The summed E-state index contributed by atoms with van der Waals surface area (Å²) in [5, 5.41) is 14.7. The number of fused-ring (bicyclic) bond motifs is 1. The second-order valence-corrected chi connectivity index (χ2v) is 3.40. The van der Waals surface area contributed by atoms with Crippen molar-refractivity contribution in [3.63, 3.8) is 0 Å². The highest BCUT2D eigenvalue weighted by Crippen LogP contribution is 2.20. The van der Waals surface area contributed by atoms with Gasteiger partial charge in [-0.05, 0) is 41.6 Å². The maximum absolute atomic E-state index is 9.34. The van der Waals surface area contributed by atoms with Crippen LogP contribution in [0.3, 0.4) is 0 Å². The van der Waals surface area contributed by atoms with Gasteiger partial charge in [0.25, 0.3) is 0 Å². The maximum atomic E-state index is 9.34. The maximum Gasteiger partial charge on any atom is 0.116 e. The summed E-state index contributed by atoms with van der Waals surface area (Å²) >= 11 is 0. The van der Waals surface area contributed by atoms with Crippen LogP contribution >= 0.6 is 0 Å². The van der Waals surface area contributed by atoms with Crippen LogP contribution in [0.2, 0.25) is 0 Å². The third kappa shape index (κ3) is 1.70. The Bertz CT molecular complexity index is 451. The minimum atomic E-state index is 0.319. The van der Waals surface area contributed by atoms with Crippen LogP contribution in [0.15, 0.2) is 36.4 Å². The van der Waals surface area contributed by atoms with E-state index in [1.165, 1.54) is 5.56 Å². The lowest BCUT2D eigenvalue weighted by Crippen LogP contribution is -2.04. The van der Waals surface area contributed by atoms with Gasteiger partial charge in [0.1, 0.15) is 5.75 Å². The van der Waals surface area contributed by atoms with E-state index in [4.69, 9.17) is 0 Å². The zero-order chi connectivity index (χ0) is 9.97. The van der Waals surface area contributed by atoms with Crippen molar-refractivity contribution in [3.05, 3.63) is 42.0 Å². The van der Waals surface area contributed by atoms with E-state index in [1.54, 1.807) is 12.1 Å². The lowest BCUT2D eigenvalue weighted by molar-refractivity contribution is 0.476. The standard InChI is InChI=1S/C12H13NO/c1-13-8-9-2-3-10-4-5-12(14)7-11(10)6-9/h2-7,13-14H,8H2,1H3. The molecule has 0 saturated heterocycles. The molecule has 0 aliphatic carbocycles. The molecule has 0 aliphatic rings. The predicted molar refractivity (Wildman–Crippen MR) is 58.4 cm³/mol. The second kappa shape index (κ2) is 3.68. The lowest BCUT2D eigenvalue weighted by atomic mass is 10.1. The van der Waals surface area contributed by atoms with Gasteiger partial charge >= 0.3 is 0 Å². The van der Waals surface area contributed by atoms with Gasteiger partial charge in [0.15, 0.2) is 0 Å². The van der Waals surface area contributed by atoms with Gasteiger partial charge in [-0.25, -0.2) is 0 Å². The molecule has 2 aromatic rings. The van der Waals surface area contributed by atoms with Crippen molar-refractivity contribution in [3.8, 4) is 5.75 Å². The van der Waals surface area contributed by atoms with E-state index in [1.807, 2.05) is 13.1 Å². The Morgan fingerprint density at radius 1 is 1.07 bits per heavy atom. The summed E-state index contributed by atoms with van der Waals surface area (Å²) in [5.74, 6) is 0.319. The molecule has 0 saturated carbocycles. The minimum Gasteiger partial charge on any atom is -0.508 e. The summed E-state index contributed by atoms with van der Waals surface area (Å²) in [6.07, 6.45) is 0. The number of nitrogens with one attached hydrogen (secondary N) is 1. The van der Waals surface area contributed by atoms with Crippen LogP contribution in [-0.2, 0) is 6.54 Å². The monoisotopic (exact) mass is 187 g/mol. The Morgan fingerprint density at radius 3 is 2.64 bits per heavy atom. The minimum absolute atomic E-state index is 0.319. The molecular formula is C12H13NO. The predicted octanol–water partition coefficient (Wildman–Crippen LogP) is 2.26. The number of rotatable bonds is 2. The van der Waals surface area contributed by atoms with E-state index in [-0.39, 0.29) is 0 Å². The van der Waals surface area contributed by atoms with Gasteiger partial charge < -0.3 is 10.4 Å². The number of phenols is 1. The molecule has 0 amide bonds. The van der Waals surface area contributed by atoms with Gasteiger partial charge in [-0.15, -0.1) is 0 Å². The quantitative estimate of drug-likeness (QED) is 0.755. The molecular weight excluding hydrogens is 174 g/mol. The Hall–Kier alpha value is -1.54. The van der Waals surface area contributed by atoms with Gasteiger partial charge in [0.05, 0.1) is 0 Å². The molecule has 0 atom stereocenters. The molecule has 0 spiro atoms. The molecule has 2 heteroatoms. The van der Waals surface area contributed by atoms with Gasteiger partial charge in [-0.1, -0.05) is 18.2 Å². The van der Waals surface area contributed by atoms with Crippen LogP contribution in [-0.4, -0.2) is 12.2 Å². The fraction of sp³-hybridized carbons (Fsp3) is 0.167. The first-order valence-corrected chi connectivity index (χ1v) is 4.66. The number of aromatic hydroxyl groups is 1. The third-order valence-electron chi connectivity index (χ3n) is 2.27. The van der Waals surface area contributed by atoms with E-state index < -0.39 is 0 Å². The van der Waals surface area contributed by atoms with E-state index in [9.17, 15) is 5.11 Å². The highest BCUT2D eigenvalue weighted by atomic mass is 16.3. The van der Waals surface area contributed by atoms with Crippen LogP contribution in [0.1, 0.15) is 5.56 Å². The molecule has 0 bridgehead atoms. The highest BCUT2D eigenvalue weighted by Gasteiger charge is 1.96. The van der Waals surface area contributed by atoms with E-state index in [2.05, 4.69) is 23.5 Å². The summed E-state index contributed by atoms with van der Waals surface area (Å²) in [5.41, 5.74) is 1.23. The van der Waals surface area contributed by atoms with E-state index >= 15 is 0 Å². The molecule has 2 N–H and O–H groups in total. The SMILES string of the molecule is CNCc1ccc2ccc(O)cc2c1. The van der Waals surface area contributed by atoms with Crippen LogP contribution in [0.25, 0.3) is 10.8 Å². The molecule has 2 rings (SSSR count). The lowest BCUT2D eigenvalue weighted by Gasteiger charge is -2.03. The number of hydrogen-bond donors (Lipinski definition) is 2. The van der Waals surface area contributed by atoms with Crippen molar-refractivity contribution in [1.29, 1.82) is 0 Å². The Balaban J connectivity index is 2.52. The first kappa shape index (κ1) is 9.03. The normalized spacial score (nSPS) is 10.6. The average Bonchev–Trinajstić information content (AvgIpc) is 2.17. The summed E-state index contributed by atoms with van der Waals surface area (Å²) in [4.78, 5) is 0. The number of phenolic OH excluding ortho intramolecular Hbond substituents is 1. The molecule has 72 valence electrons. The number of hydrogen-bond acceptors (Lipinski definition) is 2. The first-order chi connectivity index (χ1) is 6.79. The molecule has 0 radical (unpaired) electrons. The largest absolute Gasteiger partial charge is 0.508 e. The Morgan fingerprint density at radius 2 is 1.86 bits per heavy atom. The van der Waals surface area contributed by atoms with Crippen molar-refractivity contribution in [1.82, 2.24) is 5.32 Å². The average molecular weight is 187 g/mol. The highest BCUT2D eigenvalue weighted by molar-refractivity contribution is 5.84. The van der Waals surface area contributed by atoms with Gasteiger partial charge in [-0.3, -0.25) is 0 Å². The van der Waals surface area contributed by atoms with Crippen LogP contribution in [0.5, 0.6) is 5.75 Å². The molecule has 0 heterocycles. The second-order valence-electron chi connectivity index (χ2n) is 3.40. The fourth-order valence-electron chi connectivity index (χ4n) is 1.60. The summed E-state index contributed by atoms with van der Waals surface area (Å²) < 4.78 is 0. The summed E-state index contributed by atoms with van der Waals surface area (Å²) in [6, 6.07) is 11.7. The summed E-state index contributed by atoms with van der Waals surface area (Å²) in [7, 11) is 1.92. The molecule has 14 heavy (non-hydrogen) atoms. The molecule has 0 unspecified atom stereocenters. The molecule has 2 nitrogen and oxygen atoms in total. The Labute approximate surface area is 83.2 Å². The zero-order valence-corrected chi connectivity index (χ0v) is 8.12.